The van der Waals surface area contributed by atoms with E-state index < -0.39 is 0 Å². The van der Waals surface area contributed by atoms with Crippen LogP contribution in [-0.2, 0) is 5.75 Å². The Kier molecular flexibility index (Phi) is 5.73. The number of ether oxygens (including phenoxy) is 2. The van der Waals surface area contributed by atoms with Gasteiger partial charge in [0.1, 0.15) is 5.01 Å². The van der Waals surface area contributed by atoms with Crippen molar-refractivity contribution in [3.8, 4) is 22.1 Å². The number of nitrogens with zero attached hydrogens (tertiary/aromatic N) is 1. The van der Waals surface area contributed by atoms with Crippen LogP contribution in [0.4, 0.5) is 0 Å². The van der Waals surface area contributed by atoms with E-state index in [9.17, 15) is 0 Å². The Labute approximate surface area is 129 Å². The highest BCUT2D eigenvalue weighted by atomic mass is 32.1. The second-order valence-corrected chi connectivity index (χ2v) is 5.42. The van der Waals surface area contributed by atoms with E-state index in [1.165, 1.54) is 0 Å². The maximum Gasteiger partial charge on any atom is 0.161 e. The van der Waals surface area contributed by atoms with Gasteiger partial charge in [0.2, 0.25) is 0 Å². The SMILES string of the molecule is CCCOc1ccc(-c2nc(CS)cs2)cc1OCC. The maximum absolute atomic E-state index is 5.70. The van der Waals surface area contributed by atoms with Gasteiger partial charge in [-0.3, -0.25) is 0 Å². The predicted molar refractivity (Wildman–Crippen MR) is 87.2 cm³/mol. The molecule has 2 aromatic rings. The molecule has 108 valence electrons. The number of hydrogen-bond donors (Lipinski definition) is 1. The Bertz CT molecular complexity index is 555. The zero-order valence-electron chi connectivity index (χ0n) is 11.8. The van der Waals surface area contributed by atoms with Gasteiger partial charge in [-0.15, -0.1) is 11.3 Å². The summed E-state index contributed by atoms with van der Waals surface area (Å²) in [7, 11) is 0. The van der Waals surface area contributed by atoms with Gasteiger partial charge in [0, 0.05) is 16.7 Å². The van der Waals surface area contributed by atoms with Crippen molar-refractivity contribution in [3.63, 3.8) is 0 Å². The summed E-state index contributed by atoms with van der Waals surface area (Å²) in [5.41, 5.74) is 2.05. The summed E-state index contributed by atoms with van der Waals surface area (Å²) in [6.07, 6.45) is 0.977. The van der Waals surface area contributed by atoms with Crippen LogP contribution in [0.15, 0.2) is 23.6 Å². The third kappa shape index (κ3) is 3.67. The van der Waals surface area contributed by atoms with Crippen LogP contribution in [0, 0.1) is 0 Å². The molecule has 1 heterocycles. The minimum absolute atomic E-state index is 0.617. The Morgan fingerprint density at radius 2 is 2.05 bits per heavy atom. The lowest BCUT2D eigenvalue weighted by molar-refractivity contribution is 0.277. The average molecular weight is 309 g/mol. The Balaban J connectivity index is 2.28. The van der Waals surface area contributed by atoms with Gasteiger partial charge < -0.3 is 9.47 Å². The molecule has 0 saturated heterocycles. The van der Waals surface area contributed by atoms with Crippen LogP contribution in [0.25, 0.3) is 10.6 Å². The van der Waals surface area contributed by atoms with Gasteiger partial charge in [0.25, 0.3) is 0 Å². The molecule has 0 spiro atoms. The molecule has 3 nitrogen and oxygen atoms in total. The third-order valence-corrected chi connectivity index (χ3v) is 3.93. The van der Waals surface area contributed by atoms with Crippen molar-refractivity contribution in [2.75, 3.05) is 13.2 Å². The second kappa shape index (κ2) is 7.55. The van der Waals surface area contributed by atoms with Gasteiger partial charge in [-0.2, -0.15) is 12.6 Å². The molecule has 5 heteroatoms. The molecule has 0 aliphatic carbocycles. The fourth-order valence-electron chi connectivity index (χ4n) is 1.75. The van der Waals surface area contributed by atoms with Crippen LogP contribution >= 0.6 is 24.0 Å². The highest BCUT2D eigenvalue weighted by Crippen LogP contribution is 2.34. The first-order chi connectivity index (χ1) is 9.78. The monoisotopic (exact) mass is 309 g/mol. The molecular weight excluding hydrogens is 290 g/mol. The third-order valence-electron chi connectivity index (χ3n) is 2.67. The molecule has 0 saturated carbocycles. The molecule has 0 atom stereocenters. The molecule has 0 fully saturated rings. The molecule has 20 heavy (non-hydrogen) atoms. The van der Waals surface area contributed by atoms with E-state index in [0.29, 0.717) is 19.0 Å². The van der Waals surface area contributed by atoms with E-state index in [4.69, 9.17) is 9.47 Å². The van der Waals surface area contributed by atoms with E-state index in [1.54, 1.807) is 11.3 Å². The molecule has 1 aromatic heterocycles. The minimum Gasteiger partial charge on any atom is -0.490 e. The summed E-state index contributed by atoms with van der Waals surface area (Å²) >= 11 is 5.87. The van der Waals surface area contributed by atoms with Crippen LogP contribution in [0.2, 0.25) is 0 Å². The number of thiol groups is 1. The molecule has 0 aliphatic rings. The van der Waals surface area contributed by atoms with Gasteiger partial charge in [-0.05, 0) is 31.5 Å². The smallest absolute Gasteiger partial charge is 0.161 e. The molecule has 1 aromatic carbocycles. The molecule has 0 radical (unpaired) electrons. The van der Waals surface area contributed by atoms with Crippen molar-refractivity contribution < 1.29 is 9.47 Å². The largest absolute Gasteiger partial charge is 0.490 e. The Hall–Kier alpha value is -1.20. The standard InChI is InChI=1S/C15H19NO2S2/c1-3-7-18-13-6-5-11(8-14(13)17-4-2)15-16-12(9-19)10-20-15/h5-6,8,10,19H,3-4,7,9H2,1-2H3. The van der Waals surface area contributed by atoms with E-state index in [-0.39, 0.29) is 0 Å². The van der Waals surface area contributed by atoms with E-state index in [2.05, 4.69) is 24.5 Å². The lowest BCUT2D eigenvalue weighted by Crippen LogP contribution is -2.00. The topological polar surface area (TPSA) is 31.4 Å². The zero-order valence-corrected chi connectivity index (χ0v) is 13.5. The second-order valence-electron chi connectivity index (χ2n) is 4.25. The Morgan fingerprint density at radius 1 is 1.20 bits per heavy atom. The van der Waals surface area contributed by atoms with Gasteiger partial charge in [0.15, 0.2) is 11.5 Å². The summed E-state index contributed by atoms with van der Waals surface area (Å²) in [5, 5.41) is 3.02. The number of hydrogen-bond acceptors (Lipinski definition) is 5. The Morgan fingerprint density at radius 3 is 2.70 bits per heavy atom. The summed E-state index contributed by atoms with van der Waals surface area (Å²) < 4.78 is 11.4. The molecule has 0 N–H and O–H groups in total. The summed E-state index contributed by atoms with van der Waals surface area (Å²) in [6.45, 7) is 5.37. The fourth-order valence-corrected chi connectivity index (χ4v) is 2.86. The number of aromatic nitrogens is 1. The molecule has 0 bridgehead atoms. The van der Waals surface area contributed by atoms with Crippen LogP contribution in [0.1, 0.15) is 26.0 Å². The first kappa shape index (κ1) is 15.2. The van der Waals surface area contributed by atoms with Gasteiger partial charge in [-0.25, -0.2) is 4.98 Å². The summed E-state index contributed by atoms with van der Waals surface area (Å²) in [6, 6.07) is 5.97. The molecule has 0 unspecified atom stereocenters. The lowest BCUT2D eigenvalue weighted by Gasteiger charge is -2.12. The quantitative estimate of drug-likeness (QED) is 0.768. The van der Waals surface area contributed by atoms with Crippen molar-refractivity contribution in [2.45, 2.75) is 26.0 Å². The van der Waals surface area contributed by atoms with Gasteiger partial charge >= 0.3 is 0 Å². The van der Waals surface area contributed by atoms with E-state index in [1.807, 2.05) is 30.5 Å². The van der Waals surface area contributed by atoms with Crippen molar-refractivity contribution in [2.24, 2.45) is 0 Å². The van der Waals surface area contributed by atoms with Crippen LogP contribution in [0.5, 0.6) is 11.5 Å². The summed E-state index contributed by atoms with van der Waals surface area (Å²) in [5.74, 6) is 2.23. The number of thiazole rings is 1. The van der Waals surface area contributed by atoms with Gasteiger partial charge in [0.05, 0.1) is 18.9 Å². The summed E-state index contributed by atoms with van der Waals surface area (Å²) in [4.78, 5) is 4.54. The van der Waals surface area contributed by atoms with Crippen molar-refractivity contribution in [1.29, 1.82) is 0 Å². The highest BCUT2D eigenvalue weighted by molar-refractivity contribution is 7.79. The lowest BCUT2D eigenvalue weighted by atomic mass is 10.2. The van der Waals surface area contributed by atoms with Crippen molar-refractivity contribution in [3.05, 3.63) is 29.3 Å². The first-order valence-corrected chi connectivity index (χ1v) is 8.25. The fraction of sp³-hybridized carbons (Fsp3) is 0.400. The van der Waals surface area contributed by atoms with Crippen molar-refractivity contribution >= 4 is 24.0 Å². The van der Waals surface area contributed by atoms with E-state index >= 15 is 0 Å². The van der Waals surface area contributed by atoms with Crippen LogP contribution < -0.4 is 9.47 Å². The molecule has 0 aliphatic heterocycles. The highest BCUT2D eigenvalue weighted by Gasteiger charge is 2.10. The molecule has 0 amide bonds. The predicted octanol–water partition coefficient (Wildman–Crippen LogP) is 4.43. The normalized spacial score (nSPS) is 10.6. The first-order valence-electron chi connectivity index (χ1n) is 6.73. The zero-order chi connectivity index (χ0) is 14.4. The molecular formula is C15H19NO2S2. The maximum atomic E-state index is 5.70. The average Bonchev–Trinajstić information content (AvgIpc) is 2.95. The number of rotatable bonds is 7. The van der Waals surface area contributed by atoms with Crippen LogP contribution in [-0.4, -0.2) is 18.2 Å². The molecule has 2 rings (SSSR count). The van der Waals surface area contributed by atoms with E-state index in [0.717, 1.165) is 34.2 Å². The van der Waals surface area contributed by atoms with Crippen molar-refractivity contribution in [1.82, 2.24) is 4.98 Å². The minimum atomic E-state index is 0.617. The number of benzene rings is 1. The van der Waals surface area contributed by atoms with Gasteiger partial charge in [-0.1, -0.05) is 6.92 Å². The van der Waals surface area contributed by atoms with Crippen LogP contribution in [0.3, 0.4) is 0 Å².